The number of methoxy groups -OCH3 is 1. The molecule has 2 aliphatic heterocycles. The highest BCUT2D eigenvalue weighted by Gasteiger charge is 2.42. The van der Waals surface area contributed by atoms with Crippen LogP contribution >= 0.6 is 0 Å². The Morgan fingerprint density at radius 3 is 2.88 bits per heavy atom. The van der Waals surface area contributed by atoms with Crippen LogP contribution in [-0.2, 0) is 4.74 Å². The van der Waals surface area contributed by atoms with E-state index in [4.69, 9.17) is 9.47 Å². The van der Waals surface area contributed by atoms with Crippen LogP contribution in [0.2, 0.25) is 0 Å². The number of amides is 2. The number of ether oxygens (including phenoxy) is 2. The first-order valence-electron chi connectivity index (χ1n) is 9.20. The first-order chi connectivity index (χ1) is 12.1. The van der Waals surface area contributed by atoms with E-state index < -0.39 is 0 Å². The van der Waals surface area contributed by atoms with Gasteiger partial charge < -0.3 is 20.1 Å². The van der Waals surface area contributed by atoms with Gasteiger partial charge in [0.15, 0.2) is 0 Å². The van der Waals surface area contributed by atoms with Crippen molar-refractivity contribution < 1.29 is 14.3 Å². The summed E-state index contributed by atoms with van der Waals surface area (Å²) in [5.74, 6) is 1.57. The summed E-state index contributed by atoms with van der Waals surface area (Å²) in [4.78, 5) is 14.9. The van der Waals surface area contributed by atoms with Gasteiger partial charge in [0.1, 0.15) is 5.75 Å². The first-order valence-corrected chi connectivity index (χ1v) is 9.20. The second-order valence-corrected chi connectivity index (χ2v) is 7.53. The van der Waals surface area contributed by atoms with Gasteiger partial charge in [0, 0.05) is 30.9 Å². The lowest BCUT2D eigenvalue weighted by Gasteiger charge is -2.35. The summed E-state index contributed by atoms with van der Waals surface area (Å²) < 4.78 is 11.2. The molecule has 2 N–H and O–H groups in total. The van der Waals surface area contributed by atoms with Gasteiger partial charge in [-0.05, 0) is 55.9 Å². The summed E-state index contributed by atoms with van der Waals surface area (Å²) in [7, 11) is 1.64. The van der Waals surface area contributed by atoms with E-state index >= 15 is 0 Å². The number of hydrogen-bond acceptors (Lipinski definition) is 4. The fourth-order valence-electron chi connectivity index (χ4n) is 4.00. The van der Waals surface area contributed by atoms with Crippen LogP contribution in [0, 0.1) is 12.8 Å². The van der Waals surface area contributed by atoms with Gasteiger partial charge in [-0.15, -0.1) is 0 Å². The van der Waals surface area contributed by atoms with Gasteiger partial charge in [0.05, 0.1) is 19.8 Å². The van der Waals surface area contributed by atoms with Gasteiger partial charge in [0.25, 0.3) is 0 Å². The van der Waals surface area contributed by atoms with Crippen molar-refractivity contribution in [1.29, 1.82) is 0 Å². The van der Waals surface area contributed by atoms with Crippen LogP contribution in [0.25, 0.3) is 0 Å². The average molecular weight is 345 g/mol. The molecule has 0 spiro atoms. The van der Waals surface area contributed by atoms with Crippen molar-refractivity contribution in [2.75, 3.05) is 32.1 Å². The summed E-state index contributed by atoms with van der Waals surface area (Å²) in [6.45, 7) is 4.71. The van der Waals surface area contributed by atoms with Crippen molar-refractivity contribution >= 4 is 11.7 Å². The molecule has 0 unspecified atom stereocenters. The lowest BCUT2D eigenvalue weighted by atomic mass is 10.1. The molecule has 3 aliphatic rings. The largest absolute Gasteiger partial charge is 0.497 e. The third-order valence-electron chi connectivity index (χ3n) is 5.61. The maximum Gasteiger partial charge on any atom is 0.319 e. The number of anilines is 1. The van der Waals surface area contributed by atoms with Crippen molar-refractivity contribution in [3.05, 3.63) is 23.8 Å². The molecule has 1 aromatic carbocycles. The van der Waals surface area contributed by atoms with Crippen LogP contribution in [0.1, 0.15) is 24.8 Å². The Kier molecular flexibility index (Phi) is 4.56. The fraction of sp³-hybridized carbons (Fsp3) is 0.632. The zero-order valence-electron chi connectivity index (χ0n) is 15.0. The van der Waals surface area contributed by atoms with Crippen LogP contribution < -0.4 is 15.4 Å². The molecular weight excluding hydrogens is 318 g/mol. The number of aryl methyl sites for hydroxylation is 1. The number of nitrogens with one attached hydrogen (secondary N) is 2. The van der Waals surface area contributed by atoms with E-state index in [-0.39, 0.29) is 12.1 Å². The predicted molar refractivity (Wildman–Crippen MR) is 96.1 cm³/mol. The number of hydrogen-bond donors (Lipinski definition) is 2. The molecule has 2 heterocycles. The maximum absolute atomic E-state index is 12.4. The highest BCUT2D eigenvalue weighted by molar-refractivity contribution is 5.90. The van der Waals surface area contributed by atoms with E-state index in [9.17, 15) is 4.79 Å². The number of morpholine rings is 1. The molecule has 2 amide bonds. The Balaban J connectivity index is 1.30. The number of rotatable bonds is 4. The third kappa shape index (κ3) is 3.75. The third-order valence-corrected chi connectivity index (χ3v) is 5.61. The minimum atomic E-state index is -0.141. The molecule has 3 fully saturated rings. The molecule has 4 rings (SSSR count). The summed E-state index contributed by atoms with van der Waals surface area (Å²) in [5.41, 5.74) is 1.80. The monoisotopic (exact) mass is 345 g/mol. The zero-order valence-corrected chi connectivity index (χ0v) is 15.0. The number of urea groups is 1. The van der Waals surface area contributed by atoms with Gasteiger partial charge in [-0.1, -0.05) is 0 Å². The van der Waals surface area contributed by atoms with Crippen LogP contribution in [0.5, 0.6) is 5.75 Å². The van der Waals surface area contributed by atoms with E-state index in [0.717, 1.165) is 49.0 Å². The molecule has 1 aromatic rings. The summed E-state index contributed by atoms with van der Waals surface area (Å²) in [6, 6.07) is 6.14. The molecular formula is C19H27N3O3. The Hall–Kier alpha value is -1.79. The molecule has 0 bridgehead atoms. The van der Waals surface area contributed by atoms with E-state index in [1.807, 2.05) is 25.1 Å². The van der Waals surface area contributed by atoms with Crippen molar-refractivity contribution in [2.24, 2.45) is 5.92 Å². The van der Waals surface area contributed by atoms with Crippen molar-refractivity contribution in [3.8, 4) is 5.75 Å². The predicted octanol–water partition coefficient (Wildman–Crippen LogP) is 2.38. The maximum atomic E-state index is 12.4. The Morgan fingerprint density at radius 1 is 1.32 bits per heavy atom. The second-order valence-electron chi connectivity index (χ2n) is 7.53. The number of nitrogens with zero attached hydrogens (tertiary/aromatic N) is 1. The quantitative estimate of drug-likeness (QED) is 0.879. The highest BCUT2D eigenvalue weighted by atomic mass is 16.5. The minimum Gasteiger partial charge on any atom is -0.497 e. The first kappa shape index (κ1) is 16.7. The molecule has 1 saturated carbocycles. The van der Waals surface area contributed by atoms with Gasteiger partial charge in [-0.25, -0.2) is 4.79 Å². The molecule has 6 heteroatoms. The van der Waals surface area contributed by atoms with Crippen LogP contribution in [0.3, 0.4) is 0 Å². The molecule has 6 nitrogen and oxygen atoms in total. The van der Waals surface area contributed by atoms with Gasteiger partial charge >= 0.3 is 6.03 Å². The summed E-state index contributed by atoms with van der Waals surface area (Å²) >= 11 is 0. The lowest BCUT2D eigenvalue weighted by Crippen LogP contribution is -2.47. The van der Waals surface area contributed by atoms with Crippen LogP contribution in [0.4, 0.5) is 10.5 Å². The Morgan fingerprint density at radius 2 is 2.16 bits per heavy atom. The van der Waals surface area contributed by atoms with Crippen LogP contribution in [-0.4, -0.2) is 55.9 Å². The topological polar surface area (TPSA) is 62.8 Å². The average Bonchev–Trinajstić information content (AvgIpc) is 3.37. The summed E-state index contributed by atoms with van der Waals surface area (Å²) in [5, 5.41) is 6.07. The van der Waals surface area contributed by atoms with E-state index in [1.165, 1.54) is 12.8 Å². The van der Waals surface area contributed by atoms with E-state index in [1.54, 1.807) is 7.11 Å². The van der Waals surface area contributed by atoms with E-state index in [0.29, 0.717) is 12.1 Å². The SMILES string of the molecule is COc1ccc(NC(=O)N[C@@H]2C[C@H]3CO[C@@H](C4CC4)CN3C2)c(C)c1. The van der Waals surface area contributed by atoms with Gasteiger partial charge in [-0.3, -0.25) is 4.90 Å². The van der Waals surface area contributed by atoms with Crippen molar-refractivity contribution in [3.63, 3.8) is 0 Å². The van der Waals surface area contributed by atoms with E-state index in [2.05, 4.69) is 15.5 Å². The lowest BCUT2D eigenvalue weighted by molar-refractivity contribution is -0.0581. The number of carbonyl (C=O) groups is 1. The van der Waals surface area contributed by atoms with Crippen molar-refractivity contribution in [2.45, 2.75) is 44.4 Å². The Bertz CT molecular complexity index is 647. The zero-order chi connectivity index (χ0) is 17.4. The molecule has 2 saturated heterocycles. The number of fused-ring (bicyclic) bond motifs is 1. The van der Waals surface area contributed by atoms with Gasteiger partial charge in [-0.2, -0.15) is 0 Å². The standard InChI is InChI=1S/C19H27N3O3/c1-12-7-16(24-2)5-6-17(12)21-19(23)20-14-8-15-11-25-18(13-3-4-13)10-22(15)9-14/h5-7,13-15,18H,3-4,8-11H2,1-2H3,(H2,20,21,23)/t14-,15+,18-/m1/s1. The molecule has 136 valence electrons. The smallest absolute Gasteiger partial charge is 0.319 e. The Labute approximate surface area is 148 Å². The molecule has 0 aromatic heterocycles. The normalized spacial score (nSPS) is 29.1. The molecule has 25 heavy (non-hydrogen) atoms. The molecule has 1 aliphatic carbocycles. The van der Waals surface area contributed by atoms with Gasteiger partial charge in [0.2, 0.25) is 0 Å². The number of benzene rings is 1. The summed E-state index contributed by atoms with van der Waals surface area (Å²) in [6.07, 6.45) is 4.00. The second kappa shape index (κ2) is 6.84. The number of carbonyl (C=O) groups excluding carboxylic acids is 1. The molecule has 3 atom stereocenters. The highest BCUT2D eigenvalue weighted by Crippen LogP contribution is 2.37. The van der Waals surface area contributed by atoms with Crippen LogP contribution in [0.15, 0.2) is 18.2 Å². The fourth-order valence-corrected chi connectivity index (χ4v) is 4.00. The minimum absolute atomic E-state index is 0.141. The van der Waals surface area contributed by atoms with Crippen molar-refractivity contribution in [1.82, 2.24) is 10.2 Å². The molecule has 0 radical (unpaired) electrons.